The number of sulfone groups is 1. The number of rotatable bonds is 3. The molecule has 15 heavy (non-hydrogen) atoms. The van der Waals surface area contributed by atoms with E-state index in [9.17, 15) is 8.42 Å². The predicted octanol–water partition coefficient (Wildman–Crippen LogP) is -0.0948. The van der Waals surface area contributed by atoms with E-state index in [4.69, 9.17) is 0 Å². The highest BCUT2D eigenvalue weighted by Gasteiger charge is 2.25. The van der Waals surface area contributed by atoms with Gasteiger partial charge in [-0.05, 0) is 32.2 Å². The van der Waals surface area contributed by atoms with E-state index in [1.807, 2.05) is 0 Å². The molecule has 2 rings (SSSR count). The summed E-state index contributed by atoms with van der Waals surface area (Å²) >= 11 is 0. The van der Waals surface area contributed by atoms with E-state index in [0.29, 0.717) is 17.5 Å². The van der Waals surface area contributed by atoms with Crippen molar-refractivity contribution in [1.82, 2.24) is 10.6 Å². The van der Waals surface area contributed by atoms with Gasteiger partial charge < -0.3 is 10.6 Å². The second-order valence-electron chi connectivity index (χ2n) is 4.66. The van der Waals surface area contributed by atoms with Gasteiger partial charge in [-0.3, -0.25) is 0 Å². The molecule has 2 fully saturated rings. The van der Waals surface area contributed by atoms with Gasteiger partial charge in [0.1, 0.15) is 0 Å². The first-order valence-corrected chi connectivity index (χ1v) is 7.65. The molecule has 5 heteroatoms. The highest BCUT2D eigenvalue weighted by Crippen LogP contribution is 2.12. The highest BCUT2D eigenvalue weighted by molar-refractivity contribution is 7.91. The first-order chi connectivity index (χ1) is 7.16. The van der Waals surface area contributed by atoms with Crippen molar-refractivity contribution >= 4 is 9.84 Å². The molecule has 0 aromatic rings. The van der Waals surface area contributed by atoms with E-state index >= 15 is 0 Å². The minimum absolute atomic E-state index is 0.186. The van der Waals surface area contributed by atoms with Gasteiger partial charge in [0.2, 0.25) is 0 Å². The molecule has 2 N–H and O–H groups in total. The molecule has 4 nitrogen and oxygen atoms in total. The summed E-state index contributed by atoms with van der Waals surface area (Å²) < 4.78 is 22.8. The Morgan fingerprint density at radius 2 is 2.13 bits per heavy atom. The van der Waals surface area contributed by atoms with E-state index in [0.717, 1.165) is 25.9 Å². The van der Waals surface area contributed by atoms with Crippen molar-refractivity contribution < 1.29 is 8.42 Å². The minimum atomic E-state index is -2.76. The Morgan fingerprint density at radius 1 is 1.27 bits per heavy atom. The Bertz CT molecular complexity index is 297. The molecule has 2 aliphatic rings. The normalized spacial score (nSPS) is 35.5. The average molecular weight is 232 g/mol. The van der Waals surface area contributed by atoms with Gasteiger partial charge in [-0.25, -0.2) is 8.42 Å². The van der Waals surface area contributed by atoms with Gasteiger partial charge in [0, 0.05) is 18.6 Å². The van der Waals surface area contributed by atoms with E-state index in [1.165, 1.54) is 12.8 Å². The van der Waals surface area contributed by atoms with E-state index in [1.54, 1.807) is 0 Å². The van der Waals surface area contributed by atoms with Gasteiger partial charge in [-0.1, -0.05) is 0 Å². The Hall–Kier alpha value is -0.130. The minimum Gasteiger partial charge on any atom is -0.313 e. The summed E-state index contributed by atoms with van der Waals surface area (Å²) in [6.45, 7) is 2.02. The van der Waals surface area contributed by atoms with Gasteiger partial charge in [0.25, 0.3) is 0 Å². The molecule has 2 atom stereocenters. The van der Waals surface area contributed by atoms with Gasteiger partial charge in [0.05, 0.1) is 11.5 Å². The zero-order valence-electron chi connectivity index (χ0n) is 9.04. The average Bonchev–Trinajstić information content (AvgIpc) is 2.65. The Kier molecular flexibility index (Phi) is 3.64. The molecular weight excluding hydrogens is 212 g/mol. The van der Waals surface area contributed by atoms with Crippen molar-refractivity contribution in [2.75, 3.05) is 24.6 Å². The fourth-order valence-electron chi connectivity index (χ4n) is 2.42. The maximum absolute atomic E-state index is 11.4. The highest BCUT2D eigenvalue weighted by atomic mass is 32.2. The van der Waals surface area contributed by atoms with E-state index in [-0.39, 0.29) is 6.04 Å². The van der Waals surface area contributed by atoms with Crippen molar-refractivity contribution in [3.63, 3.8) is 0 Å². The zero-order chi connectivity index (χ0) is 10.7. The smallest absolute Gasteiger partial charge is 0.151 e. The molecule has 0 bridgehead atoms. The summed E-state index contributed by atoms with van der Waals surface area (Å²) in [6, 6.07) is 0.737. The largest absolute Gasteiger partial charge is 0.313 e. The van der Waals surface area contributed by atoms with Crippen LogP contribution in [0.25, 0.3) is 0 Å². The van der Waals surface area contributed by atoms with Crippen LogP contribution in [0.4, 0.5) is 0 Å². The summed E-state index contributed by atoms with van der Waals surface area (Å²) in [5.41, 5.74) is 0. The van der Waals surface area contributed by atoms with Crippen molar-refractivity contribution in [3.8, 4) is 0 Å². The molecule has 2 saturated heterocycles. The predicted molar refractivity (Wildman–Crippen MR) is 60.7 cm³/mol. The second-order valence-corrected chi connectivity index (χ2v) is 6.88. The Balaban J connectivity index is 1.74. The quantitative estimate of drug-likeness (QED) is 0.714. The van der Waals surface area contributed by atoms with E-state index in [2.05, 4.69) is 10.6 Å². The summed E-state index contributed by atoms with van der Waals surface area (Å²) in [4.78, 5) is 0. The maximum Gasteiger partial charge on any atom is 0.151 e. The monoisotopic (exact) mass is 232 g/mol. The van der Waals surface area contributed by atoms with Gasteiger partial charge >= 0.3 is 0 Å². The van der Waals surface area contributed by atoms with Crippen LogP contribution in [-0.4, -0.2) is 45.1 Å². The van der Waals surface area contributed by atoms with Crippen LogP contribution in [0.1, 0.15) is 25.7 Å². The van der Waals surface area contributed by atoms with Crippen molar-refractivity contribution in [3.05, 3.63) is 0 Å². The molecule has 88 valence electrons. The van der Waals surface area contributed by atoms with Gasteiger partial charge in [-0.15, -0.1) is 0 Å². The fourth-order valence-corrected chi connectivity index (χ4v) is 4.09. The molecule has 0 radical (unpaired) electrons. The molecule has 2 aliphatic heterocycles. The van der Waals surface area contributed by atoms with Crippen molar-refractivity contribution in [2.24, 2.45) is 0 Å². The zero-order valence-corrected chi connectivity index (χ0v) is 9.85. The third-order valence-electron chi connectivity index (χ3n) is 3.28. The van der Waals surface area contributed by atoms with Crippen molar-refractivity contribution in [2.45, 2.75) is 37.8 Å². The van der Waals surface area contributed by atoms with Crippen LogP contribution in [0, 0.1) is 0 Å². The first-order valence-electron chi connectivity index (χ1n) is 5.83. The standard InChI is InChI=1S/C10H20N2O2S/c13-15(14)6-2-4-10(8-15)12-7-9-3-1-5-11-9/h9-12H,1-8H2. The van der Waals surface area contributed by atoms with Crippen molar-refractivity contribution in [1.29, 1.82) is 0 Å². The summed E-state index contributed by atoms with van der Waals surface area (Å²) in [6.07, 6.45) is 4.28. The topological polar surface area (TPSA) is 58.2 Å². The summed E-state index contributed by atoms with van der Waals surface area (Å²) in [5.74, 6) is 0.715. The lowest BCUT2D eigenvalue weighted by molar-refractivity contribution is 0.445. The second kappa shape index (κ2) is 4.80. The van der Waals surface area contributed by atoms with Gasteiger partial charge in [-0.2, -0.15) is 0 Å². The maximum atomic E-state index is 11.4. The third-order valence-corrected chi connectivity index (χ3v) is 5.10. The molecule has 0 aromatic carbocycles. The lowest BCUT2D eigenvalue weighted by atomic mass is 10.1. The fraction of sp³-hybridized carbons (Fsp3) is 1.00. The Morgan fingerprint density at radius 3 is 2.80 bits per heavy atom. The molecular formula is C10H20N2O2S. The molecule has 0 saturated carbocycles. The molecule has 0 amide bonds. The van der Waals surface area contributed by atoms with Crippen LogP contribution in [-0.2, 0) is 9.84 Å². The van der Waals surface area contributed by atoms with Crippen LogP contribution in [0.3, 0.4) is 0 Å². The third kappa shape index (κ3) is 3.43. The van der Waals surface area contributed by atoms with Crippen LogP contribution < -0.4 is 10.6 Å². The number of hydrogen-bond donors (Lipinski definition) is 2. The summed E-state index contributed by atoms with van der Waals surface area (Å²) in [7, 11) is -2.76. The van der Waals surface area contributed by atoms with Crippen LogP contribution >= 0.6 is 0 Å². The SMILES string of the molecule is O=S1(=O)CCCC(NCC2CCCN2)C1. The Labute approximate surface area is 91.7 Å². The molecule has 0 aromatic heterocycles. The van der Waals surface area contributed by atoms with Crippen LogP contribution in [0.2, 0.25) is 0 Å². The first kappa shape index (κ1) is 11.4. The molecule has 2 heterocycles. The van der Waals surface area contributed by atoms with Gasteiger partial charge in [0.15, 0.2) is 9.84 Å². The van der Waals surface area contributed by atoms with Crippen LogP contribution in [0.5, 0.6) is 0 Å². The number of nitrogens with one attached hydrogen (secondary N) is 2. The van der Waals surface area contributed by atoms with Crippen LogP contribution in [0.15, 0.2) is 0 Å². The van der Waals surface area contributed by atoms with E-state index < -0.39 is 9.84 Å². The molecule has 2 unspecified atom stereocenters. The lowest BCUT2D eigenvalue weighted by Crippen LogP contribution is -2.45. The number of hydrogen-bond acceptors (Lipinski definition) is 4. The molecule has 0 aliphatic carbocycles. The molecule has 0 spiro atoms. The summed E-state index contributed by atoms with van der Waals surface area (Å²) in [5, 5.41) is 6.78. The lowest BCUT2D eigenvalue weighted by Gasteiger charge is -2.24.